The third kappa shape index (κ3) is 2.07. The third-order valence-corrected chi connectivity index (χ3v) is 4.11. The van der Waals surface area contributed by atoms with Crippen LogP contribution in [-0.4, -0.2) is 9.97 Å². The summed E-state index contributed by atoms with van der Waals surface area (Å²) < 4.78 is 6.13. The Kier molecular flexibility index (Phi) is 3.14. The SMILES string of the molecule is CCc1nc(-c2coc3ccccc23)[nH]c(=O)c1I. The summed E-state index contributed by atoms with van der Waals surface area (Å²) in [6.45, 7) is 1.99. The molecule has 1 aromatic carbocycles. The van der Waals surface area contributed by atoms with Crippen LogP contribution < -0.4 is 5.56 Å². The number of nitrogens with zero attached hydrogens (tertiary/aromatic N) is 1. The van der Waals surface area contributed by atoms with Crippen molar-refractivity contribution in [2.75, 3.05) is 0 Å². The minimum absolute atomic E-state index is 0.104. The van der Waals surface area contributed by atoms with Crippen LogP contribution in [0.25, 0.3) is 22.4 Å². The van der Waals surface area contributed by atoms with Crippen molar-refractivity contribution in [2.24, 2.45) is 0 Å². The number of aryl methyl sites for hydroxylation is 1. The van der Waals surface area contributed by atoms with E-state index < -0.39 is 0 Å². The normalized spacial score (nSPS) is 11.1. The van der Waals surface area contributed by atoms with E-state index in [4.69, 9.17) is 4.42 Å². The van der Waals surface area contributed by atoms with Crippen LogP contribution in [0.4, 0.5) is 0 Å². The average molecular weight is 366 g/mol. The minimum atomic E-state index is -0.104. The zero-order valence-electron chi connectivity index (χ0n) is 10.2. The highest BCUT2D eigenvalue weighted by Gasteiger charge is 2.13. The molecule has 2 aromatic heterocycles. The van der Waals surface area contributed by atoms with E-state index in [0.717, 1.165) is 28.6 Å². The molecule has 19 heavy (non-hydrogen) atoms. The van der Waals surface area contributed by atoms with Crippen molar-refractivity contribution in [3.63, 3.8) is 0 Å². The molecule has 1 N–H and O–H groups in total. The number of benzene rings is 1. The first-order chi connectivity index (χ1) is 9.20. The lowest BCUT2D eigenvalue weighted by Crippen LogP contribution is -2.15. The second kappa shape index (κ2) is 4.80. The Morgan fingerprint density at radius 2 is 2.16 bits per heavy atom. The van der Waals surface area contributed by atoms with E-state index in [2.05, 4.69) is 9.97 Å². The Morgan fingerprint density at radius 3 is 2.95 bits per heavy atom. The van der Waals surface area contributed by atoms with Gasteiger partial charge in [-0.2, -0.15) is 0 Å². The first-order valence-electron chi connectivity index (χ1n) is 5.96. The molecule has 0 spiro atoms. The number of hydrogen-bond donors (Lipinski definition) is 1. The Balaban J connectivity index is 2.27. The van der Waals surface area contributed by atoms with Gasteiger partial charge in [0.15, 0.2) is 0 Å². The van der Waals surface area contributed by atoms with E-state index in [9.17, 15) is 4.79 Å². The van der Waals surface area contributed by atoms with Gasteiger partial charge in [-0.1, -0.05) is 25.1 Å². The van der Waals surface area contributed by atoms with Crippen LogP contribution in [0, 0.1) is 3.57 Å². The van der Waals surface area contributed by atoms with Gasteiger partial charge in [-0.15, -0.1) is 0 Å². The summed E-state index contributed by atoms with van der Waals surface area (Å²) in [5, 5.41) is 0.953. The van der Waals surface area contributed by atoms with Crippen molar-refractivity contribution < 1.29 is 4.42 Å². The Morgan fingerprint density at radius 1 is 1.37 bits per heavy atom. The molecule has 0 amide bonds. The molecule has 0 saturated heterocycles. The van der Waals surface area contributed by atoms with E-state index in [0.29, 0.717) is 9.39 Å². The van der Waals surface area contributed by atoms with Crippen LogP contribution >= 0.6 is 22.6 Å². The van der Waals surface area contributed by atoms with Gasteiger partial charge in [0.1, 0.15) is 17.7 Å². The Labute approximate surface area is 123 Å². The first kappa shape index (κ1) is 12.4. The van der Waals surface area contributed by atoms with Crippen LogP contribution in [0.3, 0.4) is 0 Å². The summed E-state index contributed by atoms with van der Waals surface area (Å²) in [5.74, 6) is 0.562. The molecule has 0 saturated carbocycles. The lowest BCUT2D eigenvalue weighted by molar-refractivity contribution is 0.616. The maximum Gasteiger partial charge on any atom is 0.264 e. The summed E-state index contributed by atoms with van der Waals surface area (Å²) in [7, 11) is 0. The number of para-hydroxylation sites is 1. The summed E-state index contributed by atoms with van der Waals surface area (Å²) in [6, 6.07) is 7.70. The van der Waals surface area contributed by atoms with Crippen molar-refractivity contribution in [1.82, 2.24) is 9.97 Å². The average Bonchev–Trinajstić information content (AvgIpc) is 2.85. The highest BCUT2D eigenvalue weighted by atomic mass is 127. The predicted molar refractivity (Wildman–Crippen MR) is 82.2 cm³/mol. The molecule has 0 aliphatic heterocycles. The zero-order valence-corrected chi connectivity index (χ0v) is 12.4. The molecule has 3 aromatic rings. The second-order valence-corrected chi connectivity index (χ2v) is 5.25. The van der Waals surface area contributed by atoms with Crippen LogP contribution in [-0.2, 0) is 6.42 Å². The standard InChI is InChI=1S/C14H11IN2O2/c1-2-10-12(15)14(18)17-13(16-10)9-7-19-11-6-4-3-5-8(9)11/h3-7H,2H2,1H3,(H,16,17,18). The molecule has 2 heterocycles. The van der Waals surface area contributed by atoms with Gasteiger partial charge < -0.3 is 9.40 Å². The molecule has 3 rings (SSSR count). The number of hydrogen-bond acceptors (Lipinski definition) is 3. The maximum atomic E-state index is 11.9. The van der Waals surface area contributed by atoms with Gasteiger partial charge in [0.2, 0.25) is 0 Å². The predicted octanol–water partition coefficient (Wildman–Crippen LogP) is 3.35. The molecule has 0 bridgehead atoms. The van der Waals surface area contributed by atoms with Crippen molar-refractivity contribution in [2.45, 2.75) is 13.3 Å². The van der Waals surface area contributed by atoms with Crippen molar-refractivity contribution in [3.05, 3.63) is 50.1 Å². The number of aromatic amines is 1. The van der Waals surface area contributed by atoms with Crippen LogP contribution in [0.2, 0.25) is 0 Å². The Hall–Kier alpha value is -1.63. The smallest absolute Gasteiger partial charge is 0.264 e. The van der Waals surface area contributed by atoms with Crippen molar-refractivity contribution in [3.8, 4) is 11.4 Å². The number of aromatic nitrogens is 2. The van der Waals surface area contributed by atoms with E-state index in [1.54, 1.807) is 6.26 Å². The van der Waals surface area contributed by atoms with Gasteiger partial charge in [-0.05, 0) is 35.1 Å². The van der Waals surface area contributed by atoms with Gasteiger partial charge in [-0.3, -0.25) is 4.79 Å². The molecular weight excluding hydrogens is 355 g/mol. The molecule has 0 aliphatic carbocycles. The monoisotopic (exact) mass is 366 g/mol. The molecule has 0 unspecified atom stereocenters. The summed E-state index contributed by atoms with van der Waals surface area (Å²) in [6.07, 6.45) is 2.36. The molecule has 96 valence electrons. The number of rotatable bonds is 2. The van der Waals surface area contributed by atoms with Gasteiger partial charge in [0.25, 0.3) is 5.56 Å². The van der Waals surface area contributed by atoms with Crippen LogP contribution in [0.5, 0.6) is 0 Å². The summed E-state index contributed by atoms with van der Waals surface area (Å²) in [5.41, 5.74) is 2.31. The molecule has 0 atom stereocenters. The third-order valence-electron chi connectivity index (χ3n) is 3.00. The fourth-order valence-corrected chi connectivity index (χ4v) is 2.67. The van der Waals surface area contributed by atoms with E-state index in [1.807, 2.05) is 53.8 Å². The van der Waals surface area contributed by atoms with Crippen LogP contribution in [0.1, 0.15) is 12.6 Å². The lowest BCUT2D eigenvalue weighted by Gasteiger charge is -2.03. The number of H-pyrrole nitrogens is 1. The minimum Gasteiger partial charge on any atom is -0.464 e. The number of halogens is 1. The topological polar surface area (TPSA) is 58.9 Å². The number of furan rings is 1. The number of nitrogens with one attached hydrogen (secondary N) is 1. The molecule has 4 nitrogen and oxygen atoms in total. The Bertz CT molecular complexity index is 805. The molecule has 0 aliphatic rings. The van der Waals surface area contributed by atoms with Gasteiger partial charge in [-0.25, -0.2) is 4.98 Å². The number of fused-ring (bicyclic) bond motifs is 1. The highest BCUT2D eigenvalue weighted by Crippen LogP contribution is 2.27. The van der Waals surface area contributed by atoms with Gasteiger partial charge in [0, 0.05) is 5.39 Å². The van der Waals surface area contributed by atoms with Crippen LogP contribution in [0.15, 0.2) is 39.7 Å². The zero-order chi connectivity index (χ0) is 13.4. The molecular formula is C14H11IN2O2. The highest BCUT2D eigenvalue weighted by molar-refractivity contribution is 14.1. The van der Waals surface area contributed by atoms with E-state index in [-0.39, 0.29) is 5.56 Å². The fraction of sp³-hybridized carbons (Fsp3) is 0.143. The second-order valence-electron chi connectivity index (χ2n) is 4.17. The fourth-order valence-electron chi connectivity index (χ4n) is 2.03. The summed E-state index contributed by atoms with van der Waals surface area (Å²) >= 11 is 2.03. The molecule has 5 heteroatoms. The first-order valence-corrected chi connectivity index (χ1v) is 7.04. The van der Waals surface area contributed by atoms with E-state index in [1.165, 1.54) is 0 Å². The quantitative estimate of drug-likeness (QED) is 0.708. The molecule has 0 radical (unpaired) electrons. The van der Waals surface area contributed by atoms with Gasteiger partial charge in [0.05, 0.1) is 14.8 Å². The van der Waals surface area contributed by atoms with E-state index >= 15 is 0 Å². The maximum absolute atomic E-state index is 11.9. The van der Waals surface area contributed by atoms with Gasteiger partial charge >= 0.3 is 0 Å². The molecule has 0 fully saturated rings. The van der Waals surface area contributed by atoms with Crippen molar-refractivity contribution >= 4 is 33.6 Å². The van der Waals surface area contributed by atoms with Crippen molar-refractivity contribution in [1.29, 1.82) is 0 Å². The largest absolute Gasteiger partial charge is 0.464 e. The lowest BCUT2D eigenvalue weighted by atomic mass is 10.1. The summed E-state index contributed by atoms with van der Waals surface area (Å²) in [4.78, 5) is 19.2.